The van der Waals surface area contributed by atoms with E-state index < -0.39 is 17.6 Å². The predicted molar refractivity (Wildman–Crippen MR) is 165 cm³/mol. The molecule has 4 rings (SSSR count). The summed E-state index contributed by atoms with van der Waals surface area (Å²) in [7, 11) is 5.29. The van der Waals surface area contributed by atoms with Crippen LogP contribution in [0.1, 0.15) is 75.7 Å². The lowest BCUT2D eigenvalue weighted by Crippen LogP contribution is -2.23. The molecule has 0 saturated heterocycles. The van der Waals surface area contributed by atoms with Crippen LogP contribution in [0.3, 0.4) is 0 Å². The van der Waals surface area contributed by atoms with Gasteiger partial charge in [-0.05, 0) is 62.7 Å². The second-order valence-corrected chi connectivity index (χ2v) is 9.34. The fourth-order valence-corrected chi connectivity index (χ4v) is 4.20. The fraction of sp³-hybridized carbons (Fsp3) is 0.281. The number of nitrogens with zero attached hydrogens (tertiary/aromatic N) is 3. The highest BCUT2D eigenvalue weighted by Gasteiger charge is 2.33. The smallest absolute Gasteiger partial charge is 0.274 e. The van der Waals surface area contributed by atoms with E-state index >= 15 is 0 Å². The van der Waals surface area contributed by atoms with Crippen LogP contribution in [0.4, 0.5) is 15.8 Å². The topological polar surface area (TPSA) is 135 Å². The highest BCUT2D eigenvalue weighted by atomic mass is 19.1. The zero-order valence-corrected chi connectivity index (χ0v) is 25.7. The van der Waals surface area contributed by atoms with Gasteiger partial charge in [-0.25, -0.2) is 9.37 Å². The van der Waals surface area contributed by atoms with E-state index in [1.165, 1.54) is 17.9 Å². The Balaban J connectivity index is 0.000000836. The summed E-state index contributed by atoms with van der Waals surface area (Å²) in [5.74, 6) is -2.72. The minimum Gasteiger partial charge on any atom is -0.366 e. The highest BCUT2D eigenvalue weighted by molar-refractivity contribution is 6.19. The molecule has 10 nitrogen and oxygen atoms in total. The molecule has 0 bridgehead atoms. The van der Waals surface area contributed by atoms with Gasteiger partial charge in [-0.1, -0.05) is 32.1 Å². The third-order valence-corrected chi connectivity index (χ3v) is 6.27. The Labute approximate surface area is 251 Å². The Hall–Kier alpha value is -4.74. The minimum atomic E-state index is -0.963. The number of amides is 3. The summed E-state index contributed by atoms with van der Waals surface area (Å²) in [4.78, 5) is 60.1. The van der Waals surface area contributed by atoms with Crippen molar-refractivity contribution in [1.29, 1.82) is 0 Å². The van der Waals surface area contributed by atoms with Crippen molar-refractivity contribution in [2.75, 3.05) is 31.4 Å². The van der Waals surface area contributed by atoms with Crippen molar-refractivity contribution < 1.29 is 28.4 Å². The van der Waals surface area contributed by atoms with Crippen LogP contribution in [0.5, 0.6) is 0 Å². The summed E-state index contributed by atoms with van der Waals surface area (Å²) in [6.45, 7) is 9.06. The van der Waals surface area contributed by atoms with E-state index in [4.69, 9.17) is 5.73 Å². The number of primary amides is 1. The van der Waals surface area contributed by atoms with E-state index in [1.807, 2.05) is 27.9 Å². The van der Waals surface area contributed by atoms with Crippen LogP contribution in [0, 0.1) is 12.7 Å². The van der Waals surface area contributed by atoms with Gasteiger partial charge in [0.05, 0.1) is 19.2 Å². The number of allylic oxidation sites excluding steroid dienone is 2. The second-order valence-electron chi connectivity index (χ2n) is 9.34. The van der Waals surface area contributed by atoms with Gasteiger partial charge in [0.15, 0.2) is 5.78 Å². The maximum atomic E-state index is 13.8. The van der Waals surface area contributed by atoms with E-state index in [9.17, 15) is 23.6 Å². The molecule has 0 unspecified atom stereocenters. The number of rotatable bonds is 7. The van der Waals surface area contributed by atoms with E-state index in [1.54, 1.807) is 62.4 Å². The first kappa shape index (κ1) is 34.5. The van der Waals surface area contributed by atoms with Crippen molar-refractivity contribution in [2.24, 2.45) is 5.73 Å². The molecule has 11 heteroatoms. The van der Waals surface area contributed by atoms with Crippen LogP contribution in [-0.2, 0) is 16.2 Å². The van der Waals surface area contributed by atoms with Gasteiger partial charge < -0.3 is 20.8 Å². The van der Waals surface area contributed by atoms with Gasteiger partial charge >= 0.3 is 0 Å². The molecule has 3 amide bonds. The van der Waals surface area contributed by atoms with Gasteiger partial charge in [0.1, 0.15) is 11.5 Å². The van der Waals surface area contributed by atoms with Crippen molar-refractivity contribution >= 4 is 40.5 Å². The quantitative estimate of drug-likeness (QED) is 0.286. The van der Waals surface area contributed by atoms with Gasteiger partial charge in [-0.2, -0.15) is 5.06 Å². The zero-order chi connectivity index (χ0) is 32.4. The Morgan fingerprint density at radius 2 is 1.70 bits per heavy atom. The van der Waals surface area contributed by atoms with Crippen LogP contribution in [-0.4, -0.2) is 54.8 Å². The summed E-state index contributed by atoms with van der Waals surface area (Å²) in [5.41, 5.74) is 8.24. The number of hydroxylamine groups is 2. The zero-order valence-electron chi connectivity index (χ0n) is 25.7. The molecule has 1 aromatic heterocycles. The van der Waals surface area contributed by atoms with E-state index in [-0.39, 0.29) is 35.2 Å². The van der Waals surface area contributed by atoms with Gasteiger partial charge in [0, 0.05) is 47.9 Å². The molecule has 3 aromatic rings. The first-order chi connectivity index (χ1) is 20.4. The van der Waals surface area contributed by atoms with Crippen LogP contribution in [0.25, 0.3) is 5.57 Å². The minimum absolute atomic E-state index is 0.0511. The lowest BCUT2D eigenvalue weighted by atomic mass is 10.0. The van der Waals surface area contributed by atoms with Crippen molar-refractivity contribution in [3.05, 3.63) is 94.1 Å². The van der Waals surface area contributed by atoms with Crippen molar-refractivity contribution in [1.82, 2.24) is 10.0 Å². The number of anilines is 2. The van der Waals surface area contributed by atoms with Crippen LogP contribution in [0.15, 0.2) is 54.6 Å². The lowest BCUT2D eigenvalue weighted by molar-refractivity contribution is -0.111. The summed E-state index contributed by atoms with van der Waals surface area (Å²) < 4.78 is 13.8. The van der Waals surface area contributed by atoms with Gasteiger partial charge in [-0.3, -0.25) is 19.2 Å². The molecule has 0 atom stereocenters. The Bertz CT molecular complexity index is 1530. The number of Topliss-reactive ketones (excluding diaryl/α,β-unsaturated/α-hetero) is 1. The summed E-state index contributed by atoms with van der Waals surface area (Å²) >= 11 is 0. The second kappa shape index (κ2) is 15.5. The molecule has 0 radical (unpaired) electrons. The number of carbonyl (C=O) groups is 4. The molecule has 0 saturated carbocycles. The van der Waals surface area contributed by atoms with E-state index in [2.05, 4.69) is 15.1 Å². The maximum absolute atomic E-state index is 13.8. The molecule has 1 aliphatic heterocycles. The van der Waals surface area contributed by atoms with Gasteiger partial charge in [0.25, 0.3) is 17.7 Å². The Morgan fingerprint density at radius 3 is 2.21 bits per heavy atom. The number of nitrogens with two attached hydrogens (primary N) is 1. The van der Waals surface area contributed by atoms with Crippen molar-refractivity contribution in [3.63, 3.8) is 0 Å². The number of pyridine rings is 1. The van der Waals surface area contributed by atoms with Crippen LogP contribution >= 0.6 is 0 Å². The molecule has 2 aromatic carbocycles. The molecular weight excluding hydrogens is 553 g/mol. The van der Waals surface area contributed by atoms with Crippen molar-refractivity contribution in [2.45, 2.75) is 41.2 Å². The summed E-state index contributed by atoms with van der Waals surface area (Å²) in [5, 5.41) is 4.23. The Kier molecular flexibility index (Phi) is 12.4. The monoisotopic (exact) mass is 591 g/mol. The molecule has 0 spiro atoms. The predicted octanol–water partition coefficient (Wildman–Crippen LogP) is 5.17. The molecule has 0 fully saturated rings. The number of nitrogens with one attached hydrogen (secondary N) is 1. The molecule has 3 N–H and O–H groups in total. The number of ketones is 1. The number of hydrogen-bond acceptors (Lipinski definition) is 7. The molecule has 2 heterocycles. The van der Waals surface area contributed by atoms with E-state index in [0.29, 0.717) is 28.1 Å². The molecule has 1 aliphatic rings. The van der Waals surface area contributed by atoms with E-state index in [0.717, 1.165) is 17.7 Å². The Morgan fingerprint density at radius 1 is 1.09 bits per heavy atom. The molecule has 228 valence electrons. The van der Waals surface area contributed by atoms with Gasteiger partial charge in [0.2, 0.25) is 0 Å². The third-order valence-electron chi connectivity index (χ3n) is 6.27. The molecule has 0 aliphatic carbocycles. The largest absolute Gasteiger partial charge is 0.366 e. The number of fused-ring (bicyclic) bond motifs is 1. The van der Waals surface area contributed by atoms with Crippen LogP contribution < -0.4 is 16.0 Å². The number of aryl methyl sites for hydroxylation is 1. The third kappa shape index (κ3) is 8.40. The SMILES string of the molecule is C/C=C(/C(C)=O)c1ccc(N2Cc3c(cc(C)nc3C(=O)Nc3ccc(F)c(C(N)=O)c3)C2=O)cc1.CC.CON(C)C. The number of carbonyl (C=O) groups excluding carboxylic acids is 4. The summed E-state index contributed by atoms with van der Waals surface area (Å²) in [6.07, 6.45) is 1.74. The number of hydrogen-bond donors (Lipinski definition) is 2. The normalized spacial score (nSPS) is 12.1. The summed E-state index contributed by atoms with van der Waals surface area (Å²) in [6, 6.07) is 12.1. The first-order valence-electron chi connectivity index (χ1n) is 13.6. The standard InChI is InChI=1S/C27H23FN4O4.C3H9NO.C2H6/c1-4-19(15(3)33)16-5-8-18(9-6-16)32-13-22-20(27(32)36)11-14(2)30-24(22)26(35)31-17-7-10-23(28)21(12-17)25(29)34;1-4(2)5-3;1-2/h4-12H,13H2,1-3H3,(H2,29,34)(H,31,35);1-3H3;1-2H3/b19-4-;;. The fourth-order valence-electron chi connectivity index (χ4n) is 4.20. The number of halogens is 1. The molecule has 43 heavy (non-hydrogen) atoms. The highest BCUT2D eigenvalue weighted by Crippen LogP contribution is 2.32. The number of benzene rings is 2. The molecular formula is C32H38FN5O5. The van der Waals surface area contributed by atoms with Crippen LogP contribution in [0.2, 0.25) is 0 Å². The number of aromatic nitrogens is 1. The van der Waals surface area contributed by atoms with Gasteiger partial charge in [-0.15, -0.1) is 0 Å². The first-order valence-corrected chi connectivity index (χ1v) is 13.6. The average molecular weight is 592 g/mol. The lowest BCUT2D eigenvalue weighted by Gasteiger charge is -2.16. The van der Waals surface area contributed by atoms with Crippen molar-refractivity contribution in [3.8, 4) is 0 Å². The maximum Gasteiger partial charge on any atom is 0.274 e. The average Bonchev–Trinajstić information content (AvgIpc) is 3.31.